The predicted octanol–water partition coefficient (Wildman–Crippen LogP) is 5.63. The van der Waals surface area contributed by atoms with E-state index in [0.29, 0.717) is 0 Å². The van der Waals surface area contributed by atoms with Crippen LogP contribution in [0.25, 0.3) is 22.3 Å². The van der Waals surface area contributed by atoms with Crippen molar-refractivity contribution in [3.63, 3.8) is 0 Å². The van der Waals surface area contributed by atoms with Gasteiger partial charge in [-0.25, -0.2) is 0 Å². The van der Waals surface area contributed by atoms with Gasteiger partial charge in [0.2, 0.25) is 6.71 Å². The van der Waals surface area contributed by atoms with Gasteiger partial charge in [0, 0.05) is 17.1 Å². The van der Waals surface area contributed by atoms with Crippen molar-refractivity contribution >= 4 is 40.2 Å². The number of nitrogens with zero attached hydrogens (tertiary/aromatic N) is 1. The predicted molar refractivity (Wildman–Crippen MR) is 137 cm³/mol. The molecule has 0 spiro atoms. The maximum Gasteiger partial charge on any atom is 0.248 e. The third-order valence-electron chi connectivity index (χ3n) is 6.88. The minimum absolute atomic E-state index is 0.275. The second kappa shape index (κ2) is 6.73. The van der Waals surface area contributed by atoms with Crippen LogP contribution < -0.4 is 21.3 Å². The molecular weight excluding hydrogens is 385 g/mol. The lowest BCUT2D eigenvalue weighted by Gasteiger charge is -2.35. The molecule has 2 heteroatoms. The van der Waals surface area contributed by atoms with Gasteiger partial charge in [0.25, 0.3) is 0 Å². The molecule has 0 amide bonds. The van der Waals surface area contributed by atoms with Gasteiger partial charge in [-0.05, 0) is 63.5 Å². The lowest BCUT2D eigenvalue weighted by molar-refractivity contribution is 1.30. The summed E-state index contributed by atoms with van der Waals surface area (Å²) in [4.78, 5) is 2.43. The van der Waals surface area contributed by atoms with Crippen LogP contribution in [-0.4, -0.2) is 6.71 Å². The summed E-state index contributed by atoms with van der Waals surface area (Å²) in [5.74, 6) is 0. The average molecular weight is 405 g/mol. The average Bonchev–Trinajstić information content (AvgIpc) is 3.21. The van der Waals surface area contributed by atoms with Crippen molar-refractivity contribution < 1.29 is 0 Å². The van der Waals surface area contributed by atoms with Crippen LogP contribution in [-0.2, 0) is 0 Å². The molecule has 0 atom stereocenters. The molecule has 2 aliphatic rings. The lowest BCUT2D eigenvalue weighted by Crippen LogP contribution is -2.54. The highest BCUT2D eigenvalue weighted by molar-refractivity contribution is 7.01. The van der Waals surface area contributed by atoms with E-state index >= 15 is 0 Å². The van der Waals surface area contributed by atoms with Crippen LogP contribution in [0.2, 0.25) is 0 Å². The molecular formula is C30H20BN. The Hall–Kier alpha value is -4.04. The molecule has 7 rings (SSSR count). The topological polar surface area (TPSA) is 3.24 Å². The molecule has 0 unspecified atom stereocenters. The van der Waals surface area contributed by atoms with Crippen molar-refractivity contribution in [2.24, 2.45) is 0 Å². The summed E-state index contributed by atoms with van der Waals surface area (Å²) >= 11 is 0. The Labute approximate surface area is 188 Å². The quantitative estimate of drug-likeness (QED) is 0.337. The first kappa shape index (κ1) is 17.6. The number of fused-ring (bicyclic) bond motifs is 5. The molecule has 5 aromatic rings. The van der Waals surface area contributed by atoms with Gasteiger partial charge in [0.05, 0.1) is 0 Å². The van der Waals surface area contributed by atoms with Gasteiger partial charge in [-0.1, -0.05) is 96.5 Å². The zero-order valence-electron chi connectivity index (χ0n) is 17.6. The Morgan fingerprint density at radius 1 is 0.469 bits per heavy atom. The number of hydrogen-bond acceptors (Lipinski definition) is 1. The van der Waals surface area contributed by atoms with Crippen LogP contribution in [0.4, 0.5) is 17.1 Å². The van der Waals surface area contributed by atoms with E-state index < -0.39 is 0 Å². The summed E-state index contributed by atoms with van der Waals surface area (Å²) in [5.41, 5.74) is 13.2. The van der Waals surface area contributed by atoms with E-state index in [1.54, 1.807) is 0 Å². The first-order valence-electron chi connectivity index (χ1n) is 11.2. The lowest BCUT2D eigenvalue weighted by atomic mass is 9.37. The van der Waals surface area contributed by atoms with Crippen LogP contribution in [0.5, 0.6) is 0 Å². The van der Waals surface area contributed by atoms with Gasteiger partial charge in [-0.15, -0.1) is 0 Å². The number of para-hydroxylation sites is 2. The van der Waals surface area contributed by atoms with Crippen LogP contribution >= 0.6 is 0 Å². The Balaban J connectivity index is 1.51. The Morgan fingerprint density at radius 2 is 1.19 bits per heavy atom. The number of hydrogen-bond donors (Lipinski definition) is 0. The van der Waals surface area contributed by atoms with E-state index in [1.165, 1.54) is 55.7 Å². The van der Waals surface area contributed by atoms with Crippen LogP contribution in [0.1, 0.15) is 0 Å². The SMILES string of the molecule is c1ccc(-c2ccc3c(c2)-c2cccc4c2B3c2ccccc2N4c2ccccc2)cc1. The maximum atomic E-state index is 2.43. The fourth-order valence-corrected chi connectivity index (χ4v) is 5.54. The molecule has 32 heavy (non-hydrogen) atoms. The monoisotopic (exact) mass is 405 g/mol. The smallest absolute Gasteiger partial charge is 0.248 e. The van der Waals surface area contributed by atoms with Crippen molar-refractivity contribution in [2.45, 2.75) is 0 Å². The minimum Gasteiger partial charge on any atom is -0.312 e. The molecule has 0 aliphatic carbocycles. The highest BCUT2D eigenvalue weighted by Crippen LogP contribution is 2.40. The summed E-state index contributed by atoms with van der Waals surface area (Å²) in [5, 5.41) is 0. The highest BCUT2D eigenvalue weighted by Gasteiger charge is 2.42. The van der Waals surface area contributed by atoms with Gasteiger partial charge >= 0.3 is 0 Å². The molecule has 2 aliphatic heterocycles. The fraction of sp³-hybridized carbons (Fsp3) is 0. The summed E-state index contributed by atoms with van der Waals surface area (Å²) in [6.07, 6.45) is 0. The van der Waals surface area contributed by atoms with E-state index in [-0.39, 0.29) is 6.71 Å². The van der Waals surface area contributed by atoms with E-state index in [0.717, 1.165) is 0 Å². The molecule has 0 radical (unpaired) electrons. The first-order chi connectivity index (χ1) is 15.9. The van der Waals surface area contributed by atoms with Crippen molar-refractivity contribution in [3.8, 4) is 22.3 Å². The molecule has 148 valence electrons. The first-order valence-corrected chi connectivity index (χ1v) is 11.2. The molecule has 0 saturated heterocycles. The van der Waals surface area contributed by atoms with Crippen molar-refractivity contribution in [1.29, 1.82) is 0 Å². The van der Waals surface area contributed by atoms with Gasteiger partial charge < -0.3 is 4.90 Å². The molecule has 0 saturated carbocycles. The molecule has 0 bridgehead atoms. The number of benzene rings is 5. The third kappa shape index (κ3) is 2.41. The Morgan fingerprint density at radius 3 is 2.03 bits per heavy atom. The van der Waals surface area contributed by atoms with E-state index in [4.69, 9.17) is 0 Å². The Bertz CT molecular complexity index is 1470. The summed E-state index contributed by atoms with van der Waals surface area (Å²) in [6.45, 7) is 0.275. The standard InChI is InChI=1S/C30H20BN/c1-3-10-21(11-4-1)22-18-19-26-25(20-22)24-14-9-17-29-30(24)31(26)27-15-7-8-16-28(27)32(29)23-12-5-2-6-13-23/h1-20H. The van der Waals surface area contributed by atoms with Crippen molar-refractivity contribution in [3.05, 3.63) is 121 Å². The van der Waals surface area contributed by atoms with Gasteiger partial charge in [-0.2, -0.15) is 0 Å². The molecule has 0 fully saturated rings. The highest BCUT2D eigenvalue weighted by atomic mass is 15.1. The second-order valence-electron chi connectivity index (χ2n) is 8.57. The van der Waals surface area contributed by atoms with Crippen molar-refractivity contribution in [1.82, 2.24) is 0 Å². The zero-order valence-corrected chi connectivity index (χ0v) is 17.6. The second-order valence-corrected chi connectivity index (χ2v) is 8.57. The summed E-state index contributed by atoms with van der Waals surface area (Å²) in [6, 6.07) is 44.1. The molecule has 0 aromatic heterocycles. The fourth-order valence-electron chi connectivity index (χ4n) is 5.54. The largest absolute Gasteiger partial charge is 0.312 e. The Kier molecular flexibility index (Phi) is 3.71. The van der Waals surface area contributed by atoms with Crippen LogP contribution in [0.3, 0.4) is 0 Å². The maximum absolute atomic E-state index is 2.43. The van der Waals surface area contributed by atoms with Crippen molar-refractivity contribution in [2.75, 3.05) is 4.90 Å². The molecule has 2 heterocycles. The van der Waals surface area contributed by atoms with E-state index in [9.17, 15) is 0 Å². The van der Waals surface area contributed by atoms with E-state index in [1.807, 2.05) is 0 Å². The van der Waals surface area contributed by atoms with Crippen LogP contribution in [0, 0.1) is 0 Å². The molecule has 1 nitrogen and oxygen atoms in total. The van der Waals surface area contributed by atoms with Gasteiger partial charge in [-0.3, -0.25) is 0 Å². The zero-order chi connectivity index (χ0) is 21.1. The van der Waals surface area contributed by atoms with Gasteiger partial charge in [0.1, 0.15) is 0 Å². The normalized spacial score (nSPS) is 12.9. The third-order valence-corrected chi connectivity index (χ3v) is 6.88. The van der Waals surface area contributed by atoms with E-state index in [2.05, 4.69) is 126 Å². The van der Waals surface area contributed by atoms with Gasteiger partial charge in [0.15, 0.2) is 0 Å². The minimum atomic E-state index is 0.275. The summed E-state index contributed by atoms with van der Waals surface area (Å²) in [7, 11) is 0. The van der Waals surface area contributed by atoms with Crippen LogP contribution in [0.15, 0.2) is 121 Å². The summed E-state index contributed by atoms with van der Waals surface area (Å²) < 4.78 is 0. The number of rotatable bonds is 2. The molecule has 5 aromatic carbocycles. The number of anilines is 3. The molecule has 0 N–H and O–H groups in total.